The fourth-order valence-electron chi connectivity index (χ4n) is 4.24. The maximum absolute atomic E-state index is 13.0. The van der Waals surface area contributed by atoms with Crippen LogP contribution in [0.5, 0.6) is 0 Å². The summed E-state index contributed by atoms with van der Waals surface area (Å²) in [6, 6.07) is 13.4. The molecule has 2 aromatic carbocycles. The van der Waals surface area contributed by atoms with E-state index in [1.807, 2.05) is 62.8 Å². The van der Waals surface area contributed by atoms with E-state index in [0.29, 0.717) is 27.3 Å². The molecule has 31 heavy (non-hydrogen) atoms. The molecule has 0 radical (unpaired) electrons. The molecule has 2 N–H and O–H groups in total. The fraction of sp³-hybridized carbons (Fsp3) is 0.167. The topological polar surface area (TPSA) is 70.1 Å². The van der Waals surface area contributed by atoms with Crippen LogP contribution in [0.1, 0.15) is 11.1 Å². The molecule has 0 aliphatic carbocycles. The van der Waals surface area contributed by atoms with Gasteiger partial charge in [0.2, 0.25) is 0 Å². The molecule has 0 fully saturated rings. The van der Waals surface area contributed by atoms with Crippen LogP contribution >= 0.6 is 11.6 Å². The number of hydrogen-bond acceptors (Lipinski definition) is 3. The lowest BCUT2D eigenvalue weighted by Crippen LogP contribution is -2.22. The minimum absolute atomic E-state index is 0.358. The van der Waals surface area contributed by atoms with Gasteiger partial charge in [-0.25, -0.2) is 0 Å². The molecule has 0 unspecified atom stereocenters. The Morgan fingerprint density at radius 3 is 2.48 bits per heavy atom. The zero-order chi connectivity index (χ0) is 21.7. The summed E-state index contributed by atoms with van der Waals surface area (Å²) >= 11 is 6.60. The maximum Gasteiger partial charge on any atom is 0.259 e. The molecule has 1 aliphatic rings. The lowest BCUT2D eigenvalue weighted by molar-refractivity contribution is -0.122. The Hall–Kier alpha value is -3.35. The number of fused-ring (bicyclic) bond motifs is 2. The van der Waals surface area contributed by atoms with Crippen LogP contribution in [0.25, 0.3) is 33.0 Å². The summed E-state index contributed by atoms with van der Waals surface area (Å²) in [4.78, 5) is 31.2. The van der Waals surface area contributed by atoms with Crippen molar-refractivity contribution in [2.24, 2.45) is 0 Å². The number of benzene rings is 2. The van der Waals surface area contributed by atoms with E-state index in [4.69, 9.17) is 11.6 Å². The second-order valence-electron chi connectivity index (χ2n) is 7.95. The summed E-state index contributed by atoms with van der Waals surface area (Å²) in [5.74, 6) is -0.803. The summed E-state index contributed by atoms with van der Waals surface area (Å²) < 4.78 is 2.09. The van der Waals surface area contributed by atoms with Gasteiger partial charge >= 0.3 is 0 Å². The Bertz CT molecular complexity index is 1390. The van der Waals surface area contributed by atoms with Crippen LogP contribution in [0.3, 0.4) is 0 Å². The molecule has 1 aliphatic heterocycles. The third-order valence-electron chi connectivity index (χ3n) is 5.70. The van der Waals surface area contributed by atoms with Crippen LogP contribution in [0.15, 0.2) is 54.9 Å². The minimum atomic E-state index is -0.406. The molecule has 7 heteroatoms. The van der Waals surface area contributed by atoms with E-state index in [0.717, 1.165) is 34.9 Å². The number of aromatic amines is 1. The number of H-pyrrole nitrogens is 1. The van der Waals surface area contributed by atoms with Crippen molar-refractivity contribution >= 4 is 56.4 Å². The van der Waals surface area contributed by atoms with Gasteiger partial charge in [0.25, 0.3) is 11.8 Å². The minimum Gasteiger partial charge on any atom is -0.361 e. The molecule has 2 aromatic heterocycles. The van der Waals surface area contributed by atoms with Crippen LogP contribution < -0.4 is 5.32 Å². The predicted octanol–water partition coefficient (Wildman–Crippen LogP) is 3.90. The quantitative estimate of drug-likeness (QED) is 0.470. The van der Waals surface area contributed by atoms with Gasteiger partial charge in [0, 0.05) is 52.9 Å². The van der Waals surface area contributed by atoms with E-state index in [-0.39, 0.29) is 0 Å². The molecule has 5 rings (SSSR count). The molecule has 0 bridgehead atoms. The first-order chi connectivity index (χ1) is 15.0. The van der Waals surface area contributed by atoms with Crippen LogP contribution in [-0.4, -0.2) is 46.9 Å². The number of rotatable bonds is 5. The van der Waals surface area contributed by atoms with Gasteiger partial charge in [-0.3, -0.25) is 14.9 Å². The van der Waals surface area contributed by atoms with Crippen molar-refractivity contribution in [2.45, 2.75) is 6.54 Å². The number of amides is 2. The van der Waals surface area contributed by atoms with Crippen LogP contribution in [0, 0.1) is 0 Å². The molecular weight excluding hydrogens is 412 g/mol. The zero-order valence-electron chi connectivity index (χ0n) is 17.2. The lowest BCUT2D eigenvalue weighted by Gasteiger charge is -2.11. The number of carbonyl (C=O) groups is 2. The monoisotopic (exact) mass is 432 g/mol. The SMILES string of the molecule is CN(C)CCn1cc(C2=C(c3c[nH]c4ccccc34)C(=O)NC2=O)c2c(Cl)cccc21. The number of likely N-dealkylation sites (N-methyl/N-ethyl adjacent to an activating group) is 1. The highest BCUT2D eigenvalue weighted by molar-refractivity contribution is 6.51. The van der Waals surface area contributed by atoms with Gasteiger partial charge < -0.3 is 14.5 Å². The summed E-state index contributed by atoms with van der Waals surface area (Å²) in [5.41, 5.74) is 3.94. The molecule has 0 atom stereocenters. The highest BCUT2D eigenvalue weighted by Crippen LogP contribution is 2.40. The van der Waals surface area contributed by atoms with Gasteiger partial charge in [-0.05, 0) is 32.3 Å². The molecule has 4 aromatic rings. The molecule has 156 valence electrons. The maximum atomic E-state index is 13.0. The molecule has 0 spiro atoms. The zero-order valence-corrected chi connectivity index (χ0v) is 18.0. The lowest BCUT2D eigenvalue weighted by atomic mass is 9.95. The summed E-state index contributed by atoms with van der Waals surface area (Å²) in [6.45, 7) is 1.56. The summed E-state index contributed by atoms with van der Waals surface area (Å²) in [7, 11) is 4.03. The summed E-state index contributed by atoms with van der Waals surface area (Å²) in [5, 5.41) is 4.70. The van der Waals surface area contributed by atoms with Gasteiger partial charge in [-0.2, -0.15) is 0 Å². The Balaban J connectivity index is 1.79. The van der Waals surface area contributed by atoms with E-state index in [9.17, 15) is 9.59 Å². The van der Waals surface area contributed by atoms with Gasteiger partial charge in [0.1, 0.15) is 0 Å². The highest BCUT2D eigenvalue weighted by Gasteiger charge is 2.35. The average molecular weight is 433 g/mol. The molecule has 2 amide bonds. The van der Waals surface area contributed by atoms with Crippen molar-refractivity contribution in [1.82, 2.24) is 19.8 Å². The van der Waals surface area contributed by atoms with Crippen LogP contribution in [0.4, 0.5) is 0 Å². The van der Waals surface area contributed by atoms with Gasteiger partial charge in [0.05, 0.1) is 21.7 Å². The molecular formula is C24H21ClN4O2. The third-order valence-corrected chi connectivity index (χ3v) is 6.02. The smallest absolute Gasteiger partial charge is 0.259 e. The molecule has 0 saturated heterocycles. The van der Waals surface area contributed by atoms with E-state index in [2.05, 4.69) is 19.8 Å². The van der Waals surface area contributed by atoms with Crippen molar-refractivity contribution in [3.8, 4) is 0 Å². The number of imide groups is 1. The van der Waals surface area contributed by atoms with Gasteiger partial charge in [-0.15, -0.1) is 0 Å². The number of nitrogens with one attached hydrogen (secondary N) is 2. The van der Waals surface area contributed by atoms with Crippen molar-refractivity contribution in [1.29, 1.82) is 0 Å². The molecule has 3 heterocycles. The number of para-hydroxylation sites is 1. The molecule has 0 saturated carbocycles. The van der Waals surface area contributed by atoms with Gasteiger partial charge in [-0.1, -0.05) is 35.9 Å². The third kappa shape index (κ3) is 3.15. The Morgan fingerprint density at radius 1 is 0.968 bits per heavy atom. The Morgan fingerprint density at radius 2 is 1.71 bits per heavy atom. The van der Waals surface area contributed by atoms with E-state index < -0.39 is 11.8 Å². The first-order valence-electron chi connectivity index (χ1n) is 10.0. The first-order valence-corrected chi connectivity index (χ1v) is 10.4. The summed E-state index contributed by atoms with van der Waals surface area (Å²) in [6.07, 6.45) is 3.72. The van der Waals surface area contributed by atoms with E-state index in [1.54, 1.807) is 6.20 Å². The number of nitrogens with zero attached hydrogens (tertiary/aromatic N) is 2. The second-order valence-corrected chi connectivity index (χ2v) is 8.36. The second kappa shape index (κ2) is 7.41. The van der Waals surface area contributed by atoms with Gasteiger partial charge in [0.15, 0.2) is 0 Å². The van der Waals surface area contributed by atoms with Crippen LogP contribution in [0.2, 0.25) is 5.02 Å². The first kappa shape index (κ1) is 19.6. The highest BCUT2D eigenvalue weighted by atomic mass is 35.5. The number of carbonyl (C=O) groups excluding carboxylic acids is 2. The number of aromatic nitrogens is 2. The Kier molecular flexibility index (Phi) is 4.68. The van der Waals surface area contributed by atoms with Crippen molar-refractivity contribution in [2.75, 3.05) is 20.6 Å². The average Bonchev–Trinajstić information content (AvgIpc) is 3.40. The van der Waals surface area contributed by atoms with Crippen molar-refractivity contribution in [3.05, 3.63) is 71.0 Å². The Labute approximate surface area is 184 Å². The molecule has 6 nitrogen and oxygen atoms in total. The van der Waals surface area contributed by atoms with E-state index >= 15 is 0 Å². The van der Waals surface area contributed by atoms with E-state index in [1.165, 1.54) is 0 Å². The fourth-order valence-corrected chi connectivity index (χ4v) is 4.51. The predicted molar refractivity (Wildman–Crippen MR) is 124 cm³/mol. The van der Waals surface area contributed by atoms with Crippen molar-refractivity contribution < 1.29 is 9.59 Å². The largest absolute Gasteiger partial charge is 0.361 e. The normalized spacial score (nSPS) is 14.5. The van der Waals surface area contributed by atoms with Crippen LogP contribution in [-0.2, 0) is 16.1 Å². The number of halogens is 1. The number of hydrogen-bond donors (Lipinski definition) is 2. The standard InChI is InChI=1S/C24H21ClN4O2/c1-28(2)10-11-29-13-16(20-17(25)7-5-9-19(20)29)22-21(23(30)27-24(22)31)15-12-26-18-8-4-3-6-14(15)18/h3-9,12-13,26H,10-11H2,1-2H3,(H,27,30,31). The van der Waals surface area contributed by atoms with Crippen molar-refractivity contribution in [3.63, 3.8) is 0 Å².